The van der Waals surface area contributed by atoms with E-state index in [4.69, 9.17) is 40.5 Å². The van der Waals surface area contributed by atoms with Crippen molar-refractivity contribution in [1.82, 2.24) is 0 Å². The lowest BCUT2D eigenvalue weighted by molar-refractivity contribution is 0.722. The van der Waals surface area contributed by atoms with Gasteiger partial charge in [0.2, 0.25) is 0 Å². The first-order valence-electron chi connectivity index (χ1n) is 5.52. The zero-order chi connectivity index (χ0) is 13.1. The molecular weight excluding hydrogens is 289 g/mol. The molecule has 2 N–H and O–H groups in total. The summed E-state index contributed by atoms with van der Waals surface area (Å²) < 4.78 is 0. The summed E-state index contributed by atoms with van der Waals surface area (Å²) in [7, 11) is 0. The molecule has 0 saturated carbocycles. The fraction of sp³-hybridized carbons (Fsp3) is 0.143. The van der Waals surface area contributed by atoms with Gasteiger partial charge in [0.15, 0.2) is 0 Å². The third-order valence-corrected chi connectivity index (χ3v) is 3.83. The molecule has 0 heterocycles. The van der Waals surface area contributed by atoms with Crippen LogP contribution in [0.15, 0.2) is 42.5 Å². The first-order chi connectivity index (χ1) is 8.58. The number of nitrogens with two attached hydrogens (primary N) is 1. The zero-order valence-corrected chi connectivity index (χ0v) is 11.8. The molecule has 0 radical (unpaired) electrons. The summed E-state index contributed by atoms with van der Waals surface area (Å²) in [5.41, 5.74) is 8.13. The Bertz CT molecular complexity index is 554. The van der Waals surface area contributed by atoms with Gasteiger partial charge in [-0.3, -0.25) is 0 Å². The second-order valence-corrected chi connectivity index (χ2v) is 5.30. The molecule has 94 valence electrons. The molecule has 1 unspecified atom stereocenters. The average Bonchev–Trinajstić information content (AvgIpc) is 2.34. The third kappa shape index (κ3) is 3.18. The van der Waals surface area contributed by atoms with Gasteiger partial charge in [0, 0.05) is 11.1 Å². The van der Waals surface area contributed by atoms with E-state index in [0.717, 1.165) is 11.1 Å². The molecule has 0 saturated heterocycles. The van der Waals surface area contributed by atoms with Crippen molar-refractivity contribution in [2.24, 2.45) is 5.73 Å². The molecule has 0 spiro atoms. The zero-order valence-electron chi connectivity index (χ0n) is 9.54. The van der Waals surface area contributed by atoms with Crippen molar-refractivity contribution in [3.8, 4) is 0 Å². The van der Waals surface area contributed by atoms with E-state index >= 15 is 0 Å². The normalized spacial score (nSPS) is 12.4. The van der Waals surface area contributed by atoms with Crippen molar-refractivity contribution in [2.75, 3.05) is 0 Å². The highest BCUT2D eigenvalue weighted by molar-refractivity contribution is 6.42. The number of hydrogen-bond donors (Lipinski definition) is 1. The fourth-order valence-electron chi connectivity index (χ4n) is 1.81. The molecule has 0 aromatic heterocycles. The van der Waals surface area contributed by atoms with Crippen LogP contribution < -0.4 is 5.73 Å². The molecule has 0 bridgehead atoms. The predicted octanol–water partition coefficient (Wildman–Crippen LogP) is 4.89. The van der Waals surface area contributed by atoms with Crippen LogP contribution in [0.4, 0.5) is 0 Å². The van der Waals surface area contributed by atoms with Crippen molar-refractivity contribution in [2.45, 2.75) is 12.5 Å². The molecule has 0 fully saturated rings. The van der Waals surface area contributed by atoms with Gasteiger partial charge in [-0.05, 0) is 35.7 Å². The van der Waals surface area contributed by atoms with Crippen molar-refractivity contribution < 1.29 is 0 Å². The van der Waals surface area contributed by atoms with Gasteiger partial charge < -0.3 is 5.73 Å². The maximum Gasteiger partial charge on any atom is 0.0595 e. The van der Waals surface area contributed by atoms with Crippen molar-refractivity contribution in [1.29, 1.82) is 0 Å². The first kappa shape index (κ1) is 13.7. The Kier molecular flexibility index (Phi) is 4.52. The Morgan fingerprint density at radius 3 is 2.28 bits per heavy atom. The Labute approximate surface area is 121 Å². The smallest absolute Gasteiger partial charge is 0.0595 e. The van der Waals surface area contributed by atoms with Crippen LogP contribution in [0.3, 0.4) is 0 Å². The van der Waals surface area contributed by atoms with Gasteiger partial charge in [0.1, 0.15) is 0 Å². The minimum absolute atomic E-state index is 0.157. The Morgan fingerprint density at radius 2 is 1.61 bits per heavy atom. The molecule has 4 heteroatoms. The molecule has 0 aliphatic rings. The summed E-state index contributed by atoms with van der Waals surface area (Å²) in [4.78, 5) is 0. The summed E-state index contributed by atoms with van der Waals surface area (Å²) in [6, 6.07) is 13.0. The van der Waals surface area contributed by atoms with Gasteiger partial charge in [-0.15, -0.1) is 0 Å². The van der Waals surface area contributed by atoms with E-state index in [9.17, 15) is 0 Å². The molecule has 2 aromatic carbocycles. The van der Waals surface area contributed by atoms with E-state index in [1.165, 1.54) is 0 Å². The average molecular weight is 301 g/mol. The van der Waals surface area contributed by atoms with Gasteiger partial charge in [-0.25, -0.2) is 0 Å². The summed E-state index contributed by atoms with van der Waals surface area (Å²) in [6.45, 7) is 0. The van der Waals surface area contributed by atoms with Crippen molar-refractivity contribution in [3.63, 3.8) is 0 Å². The molecule has 1 atom stereocenters. The van der Waals surface area contributed by atoms with Gasteiger partial charge in [0.25, 0.3) is 0 Å². The lowest BCUT2D eigenvalue weighted by atomic mass is 10.00. The van der Waals surface area contributed by atoms with Gasteiger partial charge in [-0.2, -0.15) is 0 Å². The molecule has 1 nitrogen and oxygen atoms in total. The largest absolute Gasteiger partial charge is 0.324 e. The summed E-state index contributed by atoms with van der Waals surface area (Å²) >= 11 is 18.0. The van der Waals surface area contributed by atoms with Gasteiger partial charge >= 0.3 is 0 Å². The van der Waals surface area contributed by atoms with E-state index in [1.54, 1.807) is 6.07 Å². The van der Waals surface area contributed by atoms with E-state index in [1.807, 2.05) is 36.4 Å². The Hall–Kier alpha value is -0.730. The quantitative estimate of drug-likeness (QED) is 0.858. The SMILES string of the molecule is NC(Cc1ccc(Cl)c(Cl)c1)c1ccccc1Cl. The van der Waals surface area contributed by atoms with Crippen LogP contribution in [0, 0.1) is 0 Å². The van der Waals surface area contributed by atoms with Crippen LogP contribution in [0.2, 0.25) is 15.1 Å². The Balaban J connectivity index is 2.19. The lowest BCUT2D eigenvalue weighted by Gasteiger charge is -2.14. The molecule has 2 aromatic rings. The van der Waals surface area contributed by atoms with Crippen LogP contribution in [-0.2, 0) is 6.42 Å². The number of benzene rings is 2. The maximum absolute atomic E-state index is 6.16. The minimum Gasteiger partial charge on any atom is -0.324 e. The van der Waals surface area contributed by atoms with E-state index in [-0.39, 0.29) is 6.04 Å². The third-order valence-electron chi connectivity index (χ3n) is 2.74. The van der Waals surface area contributed by atoms with Crippen LogP contribution in [0.1, 0.15) is 17.2 Å². The van der Waals surface area contributed by atoms with Gasteiger partial charge in [-0.1, -0.05) is 59.1 Å². The maximum atomic E-state index is 6.16. The van der Waals surface area contributed by atoms with Crippen molar-refractivity contribution >= 4 is 34.8 Å². The first-order valence-corrected chi connectivity index (χ1v) is 6.65. The predicted molar refractivity (Wildman–Crippen MR) is 78.5 cm³/mol. The summed E-state index contributed by atoms with van der Waals surface area (Å²) in [6.07, 6.45) is 0.667. The second-order valence-electron chi connectivity index (χ2n) is 4.08. The topological polar surface area (TPSA) is 26.0 Å². The molecular formula is C14H12Cl3N. The summed E-state index contributed by atoms with van der Waals surface area (Å²) in [5.74, 6) is 0. The number of hydrogen-bond acceptors (Lipinski definition) is 1. The highest BCUT2D eigenvalue weighted by Gasteiger charge is 2.11. The van der Waals surface area contributed by atoms with Crippen LogP contribution >= 0.6 is 34.8 Å². The molecule has 0 aliphatic carbocycles. The second kappa shape index (κ2) is 5.94. The minimum atomic E-state index is -0.157. The lowest BCUT2D eigenvalue weighted by Crippen LogP contribution is -2.13. The monoisotopic (exact) mass is 299 g/mol. The Morgan fingerprint density at radius 1 is 0.889 bits per heavy atom. The van der Waals surface area contributed by atoms with E-state index < -0.39 is 0 Å². The van der Waals surface area contributed by atoms with Gasteiger partial charge in [0.05, 0.1) is 10.0 Å². The summed E-state index contributed by atoms with van der Waals surface area (Å²) in [5, 5.41) is 1.78. The fourth-order valence-corrected chi connectivity index (χ4v) is 2.40. The highest BCUT2D eigenvalue weighted by Crippen LogP contribution is 2.27. The molecule has 2 rings (SSSR count). The van der Waals surface area contributed by atoms with Crippen LogP contribution in [0.25, 0.3) is 0 Å². The molecule has 18 heavy (non-hydrogen) atoms. The molecule has 0 aliphatic heterocycles. The number of halogens is 3. The van der Waals surface area contributed by atoms with E-state index in [0.29, 0.717) is 21.5 Å². The van der Waals surface area contributed by atoms with Crippen LogP contribution in [0.5, 0.6) is 0 Å². The van der Waals surface area contributed by atoms with Crippen LogP contribution in [-0.4, -0.2) is 0 Å². The standard InChI is InChI=1S/C14H12Cl3N/c15-11-4-2-1-3-10(11)14(18)8-9-5-6-12(16)13(17)7-9/h1-7,14H,8,18H2. The van der Waals surface area contributed by atoms with E-state index in [2.05, 4.69) is 0 Å². The molecule has 0 amide bonds. The van der Waals surface area contributed by atoms with Crippen molar-refractivity contribution in [3.05, 3.63) is 68.7 Å². The highest BCUT2D eigenvalue weighted by atomic mass is 35.5. The number of rotatable bonds is 3.